The minimum Gasteiger partial charge on any atom is -0.480 e. The molecule has 2 N–H and O–H groups in total. The van der Waals surface area contributed by atoms with Crippen LogP contribution in [0.4, 0.5) is 4.79 Å². The average molecular weight is 177 g/mol. The Labute approximate surface area is 70.7 Å². The van der Waals surface area contributed by atoms with Crippen molar-refractivity contribution >= 4 is 12.1 Å². The van der Waals surface area contributed by atoms with E-state index in [0.29, 0.717) is 0 Å². The van der Waals surface area contributed by atoms with Gasteiger partial charge in [0.15, 0.2) is 0 Å². The van der Waals surface area contributed by atoms with Gasteiger partial charge < -0.3 is 15.2 Å². The number of alkyl carbamates (subject to hydrolysis) is 1. The largest absolute Gasteiger partial charge is 0.480 e. The number of carbonyl (C=O) groups excluding carboxylic acids is 1. The molecular formula is C7H13NO4. The lowest BCUT2D eigenvalue weighted by Gasteiger charge is -2.19. The normalized spacial score (nSPS) is 10.6. The molecule has 0 spiro atoms. The van der Waals surface area contributed by atoms with Crippen LogP contribution in [-0.4, -0.2) is 29.3 Å². The molecule has 0 aliphatic carbocycles. The summed E-state index contributed by atoms with van der Waals surface area (Å²) in [5.41, 5.74) is -0.595. The summed E-state index contributed by atoms with van der Waals surface area (Å²) in [6, 6.07) is 0. The number of hydrogen-bond acceptors (Lipinski definition) is 3. The molecule has 0 rings (SSSR count). The molecule has 0 aliphatic rings. The smallest absolute Gasteiger partial charge is 0.408 e. The highest BCUT2D eigenvalue weighted by molar-refractivity contribution is 5.76. The average Bonchev–Trinajstić information content (AvgIpc) is 1.79. The van der Waals surface area contributed by atoms with Crippen LogP contribution in [0.2, 0.25) is 0 Å². The third-order valence-electron chi connectivity index (χ3n) is 0.783. The highest BCUT2D eigenvalue weighted by Crippen LogP contribution is 2.05. The second-order valence-corrected chi connectivity index (χ2v) is 3.25. The van der Waals surface area contributed by atoms with E-state index in [1.807, 2.05) is 0 Å². The maximum atomic E-state index is 10.8. The van der Waals surface area contributed by atoms with Crippen molar-refractivity contribution in [2.24, 2.45) is 0 Å². The van der Waals surface area contributed by atoms with Crippen LogP contribution >= 0.6 is 0 Å². The van der Waals surface area contributed by atoms with Crippen molar-refractivity contribution in [3.63, 3.8) is 0 Å². The third-order valence-corrected chi connectivity index (χ3v) is 0.783. The van der Waals surface area contributed by atoms with Crippen LogP contribution in [0.1, 0.15) is 20.8 Å². The van der Waals surface area contributed by atoms with Gasteiger partial charge in [-0.25, -0.2) is 4.79 Å². The van der Waals surface area contributed by atoms with Crippen molar-refractivity contribution in [2.75, 3.05) is 6.54 Å². The maximum absolute atomic E-state index is 10.8. The first-order valence-electron chi connectivity index (χ1n) is 3.50. The van der Waals surface area contributed by atoms with Gasteiger partial charge in [-0.2, -0.15) is 0 Å². The molecule has 0 saturated carbocycles. The van der Waals surface area contributed by atoms with Crippen LogP contribution in [0, 0.1) is 0 Å². The molecule has 5 heteroatoms. The van der Waals surface area contributed by atoms with Gasteiger partial charge in [0, 0.05) is 0 Å². The predicted molar refractivity (Wildman–Crippen MR) is 41.9 cm³/mol. The van der Waals surface area contributed by atoms with E-state index in [9.17, 15) is 9.59 Å². The zero-order valence-corrected chi connectivity index (χ0v) is 7.38. The summed E-state index contributed by atoms with van der Waals surface area (Å²) >= 11 is 0. The Bertz CT molecular complexity index is 182. The van der Waals surface area contributed by atoms with E-state index in [1.54, 1.807) is 20.8 Å². The topological polar surface area (TPSA) is 75.6 Å². The van der Waals surface area contributed by atoms with E-state index < -0.39 is 24.2 Å². The number of aliphatic carboxylic acids is 1. The molecule has 0 radical (unpaired) electrons. The fourth-order valence-corrected chi connectivity index (χ4v) is 0.462. The van der Waals surface area contributed by atoms with Crippen LogP contribution in [0.15, 0.2) is 0 Å². The zero-order chi connectivity index (χ0) is 9.78. The molecule has 12 heavy (non-hydrogen) atoms. The molecule has 0 aromatic carbocycles. The highest BCUT2D eigenvalue weighted by Gasteiger charge is 2.15. The third kappa shape index (κ3) is 6.85. The molecule has 70 valence electrons. The van der Waals surface area contributed by atoms with E-state index in [2.05, 4.69) is 5.32 Å². The van der Waals surface area contributed by atoms with Crippen molar-refractivity contribution in [1.29, 1.82) is 0 Å². The van der Waals surface area contributed by atoms with Crippen LogP contribution < -0.4 is 5.32 Å². The summed E-state index contributed by atoms with van der Waals surface area (Å²) in [4.78, 5) is 20.8. The molecule has 5 nitrogen and oxygen atoms in total. The standard InChI is InChI=1S/C7H13NO4/c1-7(2,3)12-6(11)8-4-5(9)10/h4H2,1-3H3,(H,8,11)(H,9,10)/i6+2. The molecular weight excluding hydrogens is 164 g/mol. The minimum absolute atomic E-state index is 0.422. The number of amides is 1. The predicted octanol–water partition coefficient (Wildman–Crippen LogP) is 0.596. The first kappa shape index (κ1) is 10.7. The second-order valence-electron chi connectivity index (χ2n) is 3.25. The van der Waals surface area contributed by atoms with Gasteiger partial charge >= 0.3 is 12.1 Å². The molecule has 0 aliphatic heterocycles. The number of carboxylic acids is 1. The molecule has 0 fully saturated rings. The Morgan fingerprint density at radius 2 is 2.08 bits per heavy atom. The lowest BCUT2D eigenvalue weighted by Crippen LogP contribution is -2.35. The fraction of sp³-hybridized carbons (Fsp3) is 0.714. The Balaban J connectivity index is 3.68. The lowest BCUT2D eigenvalue weighted by molar-refractivity contribution is -0.136. The Morgan fingerprint density at radius 1 is 1.58 bits per heavy atom. The first-order chi connectivity index (χ1) is 5.31. The van der Waals surface area contributed by atoms with E-state index in [1.165, 1.54) is 0 Å². The van der Waals surface area contributed by atoms with Crippen molar-refractivity contribution < 1.29 is 19.4 Å². The van der Waals surface area contributed by atoms with Gasteiger partial charge in [0.2, 0.25) is 0 Å². The van der Waals surface area contributed by atoms with E-state index in [4.69, 9.17) is 9.84 Å². The second kappa shape index (κ2) is 3.94. The van der Waals surface area contributed by atoms with Gasteiger partial charge in [0.05, 0.1) is 0 Å². The maximum Gasteiger partial charge on any atom is 0.408 e. The summed E-state index contributed by atoms with van der Waals surface area (Å²) in [7, 11) is 0. The van der Waals surface area contributed by atoms with Crippen LogP contribution in [0.5, 0.6) is 0 Å². The zero-order valence-electron chi connectivity index (χ0n) is 7.38. The summed E-state index contributed by atoms with van der Waals surface area (Å²) in [6.07, 6.45) is -0.718. The van der Waals surface area contributed by atoms with Crippen molar-refractivity contribution in [2.45, 2.75) is 26.4 Å². The number of ether oxygens (including phenoxy) is 1. The van der Waals surface area contributed by atoms with E-state index in [0.717, 1.165) is 0 Å². The van der Waals surface area contributed by atoms with Gasteiger partial charge in [-0.1, -0.05) is 0 Å². The molecule has 0 atom stereocenters. The monoisotopic (exact) mass is 177 g/mol. The highest BCUT2D eigenvalue weighted by atomic mass is 16.8. The SMILES string of the molecule is CC(C)(C)O[14C](=O)NCC(=O)O. The Hall–Kier alpha value is -1.26. The van der Waals surface area contributed by atoms with Gasteiger partial charge in [0.25, 0.3) is 0 Å². The van der Waals surface area contributed by atoms with Crippen LogP contribution in [0.3, 0.4) is 0 Å². The van der Waals surface area contributed by atoms with Gasteiger partial charge in [-0.3, -0.25) is 4.79 Å². The molecule has 0 heterocycles. The molecule has 0 saturated heterocycles. The number of hydrogen-bond donors (Lipinski definition) is 2. The molecule has 0 bridgehead atoms. The Morgan fingerprint density at radius 3 is 2.42 bits per heavy atom. The molecule has 1 amide bonds. The molecule has 0 unspecified atom stereocenters. The summed E-state index contributed by atoms with van der Waals surface area (Å²) in [5.74, 6) is -1.10. The first-order valence-corrected chi connectivity index (χ1v) is 3.50. The van der Waals surface area contributed by atoms with E-state index >= 15 is 0 Å². The minimum atomic E-state index is -1.10. The molecule has 0 aromatic rings. The van der Waals surface area contributed by atoms with Crippen molar-refractivity contribution in [1.82, 2.24) is 5.32 Å². The van der Waals surface area contributed by atoms with Crippen molar-refractivity contribution in [3.05, 3.63) is 0 Å². The molecule has 0 aromatic heterocycles. The summed E-state index contributed by atoms with van der Waals surface area (Å²) in [6.45, 7) is 4.68. The fourth-order valence-electron chi connectivity index (χ4n) is 0.462. The van der Waals surface area contributed by atoms with Gasteiger partial charge in [0.1, 0.15) is 12.1 Å². The number of rotatable bonds is 2. The van der Waals surface area contributed by atoms with Crippen LogP contribution in [-0.2, 0) is 9.53 Å². The lowest BCUT2D eigenvalue weighted by atomic mass is 10.2. The Kier molecular flexibility index (Phi) is 3.53. The van der Waals surface area contributed by atoms with Gasteiger partial charge in [-0.05, 0) is 20.8 Å². The van der Waals surface area contributed by atoms with E-state index in [-0.39, 0.29) is 0 Å². The number of carbonyl (C=O) groups is 2. The summed E-state index contributed by atoms with van der Waals surface area (Å²) < 4.78 is 4.77. The number of nitrogens with one attached hydrogen (secondary N) is 1. The number of carboxylic acid groups (broad SMARTS) is 1. The quantitative estimate of drug-likeness (QED) is 0.647. The van der Waals surface area contributed by atoms with Gasteiger partial charge in [-0.15, -0.1) is 0 Å². The summed E-state index contributed by atoms with van der Waals surface area (Å²) in [5, 5.41) is 10.3. The van der Waals surface area contributed by atoms with Crippen molar-refractivity contribution in [3.8, 4) is 0 Å². The van der Waals surface area contributed by atoms with Crippen LogP contribution in [0.25, 0.3) is 0 Å².